The van der Waals surface area contributed by atoms with Crippen LogP contribution in [0.5, 0.6) is 0 Å². The zero-order valence-electron chi connectivity index (χ0n) is 10.6. The summed E-state index contributed by atoms with van der Waals surface area (Å²) in [7, 11) is 0. The van der Waals surface area contributed by atoms with Crippen LogP contribution in [0.1, 0.15) is 24.2 Å². The normalized spacial score (nSPS) is 17.8. The van der Waals surface area contributed by atoms with E-state index in [9.17, 15) is 0 Å². The predicted molar refractivity (Wildman–Crippen MR) is 68.2 cm³/mol. The highest BCUT2D eigenvalue weighted by atomic mass is 16.6. The first-order chi connectivity index (χ1) is 8.29. The van der Waals surface area contributed by atoms with Gasteiger partial charge >= 0.3 is 0 Å². The molecule has 1 heterocycles. The lowest BCUT2D eigenvalue weighted by Crippen LogP contribution is -2.39. The summed E-state index contributed by atoms with van der Waals surface area (Å²) in [6.07, 6.45) is 0.392. The van der Waals surface area contributed by atoms with E-state index < -0.39 is 0 Å². The summed E-state index contributed by atoms with van der Waals surface area (Å²) in [5, 5.41) is 3.35. The number of hydrogen-bond acceptors (Lipinski definition) is 3. The predicted octanol–water partition coefficient (Wildman–Crippen LogP) is 2.06. The Morgan fingerprint density at radius 2 is 2.29 bits per heavy atom. The van der Waals surface area contributed by atoms with Gasteiger partial charge in [-0.3, -0.25) is 0 Å². The SMILES string of the molecule is CCNCC(OC1COC1)c1cccc(C)c1. The van der Waals surface area contributed by atoms with Crippen molar-refractivity contribution < 1.29 is 9.47 Å². The summed E-state index contributed by atoms with van der Waals surface area (Å²) in [5.74, 6) is 0. The summed E-state index contributed by atoms with van der Waals surface area (Å²) < 4.78 is 11.2. The number of nitrogens with one attached hydrogen (secondary N) is 1. The van der Waals surface area contributed by atoms with Crippen LogP contribution in [0.3, 0.4) is 0 Å². The van der Waals surface area contributed by atoms with Crippen molar-refractivity contribution in [3.8, 4) is 0 Å². The van der Waals surface area contributed by atoms with Gasteiger partial charge in [0.1, 0.15) is 6.10 Å². The van der Waals surface area contributed by atoms with E-state index in [1.165, 1.54) is 11.1 Å². The quantitative estimate of drug-likeness (QED) is 0.818. The topological polar surface area (TPSA) is 30.5 Å². The largest absolute Gasteiger partial charge is 0.376 e. The van der Waals surface area contributed by atoms with Gasteiger partial charge in [0.15, 0.2) is 0 Å². The average molecular weight is 235 g/mol. The molecule has 3 nitrogen and oxygen atoms in total. The number of aryl methyl sites for hydroxylation is 1. The van der Waals surface area contributed by atoms with E-state index in [0.717, 1.165) is 26.3 Å². The second-order valence-electron chi connectivity index (χ2n) is 4.51. The van der Waals surface area contributed by atoms with Crippen LogP contribution in [0.2, 0.25) is 0 Å². The molecule has 1 fully saturated rings. The summed E-state index contributed by atoms with van der Waals surface area (Å²) >= 11 is 0. The Labute approximate surface area is 103 Å². The molecule has 1 aromatic carbocycles. The zero-order chi connectivity index (χ0) is 12.1. The Morgan fingerprint density at radius 3 is 2.88 bits per heavy atom. The van der Waals surface area contributed by atoms with E-state index in [0.29, 0.717) is 0 Å². The standard InChI is InChI=1S/C14H21NO2/c1-3-15-8-14(17-13-9-16-10-13)12-6-4-5-11(2)7-12/h4-7,13-15H,3,8-10H2,1-2H3. The Balaban J connectivity index is 2.02. The van der Waals surface area contributed by atoms with E-state index >= 15 is 0 Å². The molecule has 0 aliphatic carbocycles. The molecule has 1 N–H and O–H groups in total. The fraction of sp³-hybridized carbons (Fsp3) is 0.571. The summed E-state index contributed by atoms with van der Waals surface area (Å²) in [5.41, 5.74) is 2.52. The third kappa shape index (κ3) is 3.53. The van der Waals surface area contributed by atoms with Crippen molar-refractivity contribution in [1.29, 1.82) is 0 Å². The van der Waals surface area contributed by atoms with Gasteiger partial charge in [0.25, 0.3) is 0 Å². The Hall–Kier alpha value is -0.900. The fourth-order valence-electron chi connectivity index (χ4n) is 1.92. The van der Waals surface area contributed by atoms with E-state index in [4.69, 9.17) is 9.47 Å². The van der Waals surface area contributed by atoms with Crippen molar-refractivity contribution in [1.82, 2.24) is 5.32 Å². The second-order valence-corrected chi connectivity index (χ2v) is 4.51. The van der Waals surface area contributed by atoms with Crippen molar-refractivity contribution in [2.45, 2.75) is 26.1 Å². The van der Waals surface area contributed by atoms with Gasteiger partial charge in [-0.15, -0.1) is 0 Å². The van der Waals surface area contributed by atoms with Crippen LogP contribution in [0.25, 0.3) is 0 Å². The maximum atomic E-state index is 6.04. The minimum Gasteiger partial charge on any atom is -0.376 e. The molecule has 94 valence electrons. The third-order valence-corrected chi connectivity index (χ3v) is 2.96. The molecule has 0 radical (unpaired) electrons. The molecule has 0 amide bonds. The Bertz CT molecular complexity index is 350. The number of likely N-dealkylation sites (N-methyl/N-ethyl adjacent to an activating group) is 1. The van der Waals surface area contributed by atoms with Gasteiger partial charge in [-0.05, 0) is 19.0 Å². The van der Waals surface area contributed by atoms with Gasteiger partial charge < -0.3 is 14.8 Å². The van der Waals surface area contributed by atoms with Gasteiger partial charge in [0, 0.05) is 6.54 Å². The van der Waals surface area contributed by atoms with Crippen molar-refractivity contribution in [3.05, 3.63) is 35.4 Å². The first-order valence-corrected chi connectivity index (χ1v) is 6.30. The molecule has 17 heavy (non-hydrogen) atoms. The molecular weight excluding hydrogens is 214 g/mol. The molecular formula is C14H21NO2. The van der Waals surface area contributed by atoms with Crippen LogP contribution < -0.4 is 5.32 Å². The van der Waals surface area contributed by atoms with Crippen LogP contribution in [0, 0.1) is 6.92 Å². The lowest BCUT2D eigenvalue weighted by Gasteiger charge is -2.31. The Morgan fingerprint density at radius 1 is 1.47 bits per heavy atom. The molecule has 2 rings (SSSR count). The monoisotopic (exact) mass is 235 g/mol. The number of benzene rings is 1. The lowest BCUT2D eigenvalue weighted by atomic mass is 10.1. The molecule has 0 spiro atoms. The van der Waals surface area contributed by atoms with Gasteiger partial charge in [-0.1, -0.05) is 36.8 Å². The van der Waals surface area contributed by atoms with Crippen molar-refractivity contribution in [3.63, 3.8) is 0 Å². The Kier molecular flexibility index (Phi) is 4.54. The number of hydrogen-bond donors (Lipinski definition) is 1. The van der Waals surface area contributed by atoms with E-state index in [2.05, 4.69) is 43.4 Å². The molecule has 1 atom stereocenters. The molecule has 1 aliphatic rings. The molecule has 1 aliphatic heterocycles. The number of rotatable bonds is 6. The summed E-state index contributed by atoms with van der Waals surface area (Å²) in [4.78, 5) is 0. The lowest BCUT2D eigenvalue weighted by molar-refractivity contribution is -0.155. The smallest absolute Gasteiger partial charge is 0.105 e. The molecule has 3 heteroatoms. The second kappa shape index (κ2) is 6.15. The van der Waals surface area contributed by atoms with Crippen LogP contribution in [-0.2, 0) is 9.47 Å². The molecule has 1 saturated heterocycles. The van der Waals surface area contributed by atoms with Crippen LogP contribution in [0.4, 0.5) is 0 Å². The van der Waals surface area contributed by atoms with E-state index in [1.807, 2.05) is 0 Å². The summed E-state index contributed by atoms with van der Waals surface area (Å²) in [6, 6.07) is 8.53. The van der Waals surface area contributed by atoms with E-state index in [1.54, 1.807) is 0 Å². The van der Waals surface area contributed by atoms with Crippen molar-refractivity contribution >= 4 is 0 Å². The van der Waals surface area contributed by atoms with Gasteiger partial charge in [0.2, 0.25) is 0 Å². The minimum atomic E-state index is 0.128. The third-order valence-electron chi connectivity index (χ3n) is 2.96. The highest BCUT2D eigenvalue weighted by Gasteiger charge is 2.24. The summed E-state index contributed by atoms with van der Waals surface area (Å²) in [6.45, 7) is 7.51. The minimum absolute atomic E-state index is 0.128. The maximum absolute atomic E-state index is 6.04. The highest BCUT2D eigenvalue weighted by molar-refractivity contribution is 5.24. The molecule has 0 aromatic heterocycles. The van der Waals surface area contributed by atoms with Crippen LogP contribution in [-0.4, -0.2) is 32.4 Å². The van der Waals surface area contributed by atoms with Crippen LogP contribution in [0.15, 0.2) is 24.3 Å². The highest BCUT2D eigenvalue weighted by Crippen LogP contribution is 2.22. The maximum Gasteiger partial charge on any atom is 0.105 e. The first-order valence-electron chi connectivity index (χ1n) is 6.30. The van der Waals surface area contributed by atoms with Gasteiger partial charge in [-0.25, -0.2) is 0 Å². The van der Waals surface area contributed by atoms with Gasteiger partial charge in [-0.2, -0.15) is 0 Å². The zero-order valence-corrected chi connectivity index (χ0v) is 10.6. The molecule has 1 aromatic rings. The molecule has 1 unspecified atom stereocenters. The van der Waals surface area contributed by atoms with Gasteiger partial charge in [0.05, 0.1) is 19.3 Å². The van der Waals surface area contributed by atoms with Crippen LogP contribution >= 0.6 is 0 Å². The first kappa shape index (κ1) is 12.6. The molecule has 0 bridgehead atoms. The van der Waals surface area contributed by atoms with E-state index in [-0.39, 0.29) is 12.2 Å². The fourth-order valence-corrected chi connectivity index (χ4v) is 1.92. The van der Waals surface area contributed by atoms with Crippen molar-refractivity contribution in [2.24, 2.45) is 0 Å². The molecule has 0 saturated carbocycles. The number of ether oxygens (including phenoxy) is 2. The average Bonchev–Trinajstić information content (AvgIpc) is 2.27. The van der Waals surface area contributed by atoms with Crippen molar-refractivity contribution in [2.75, 3.05) is 26.3 Å².